The first-order chi connectivity index (χ1) is 40.8. The lowest BCUT2D eigenvalue weighted by Crippen LogP contribution is -2.62. The quantitative estimate of drug-likeness (QED) is 0.0705. The molecule has 0 radical (unpaired) electrons. The van der Waals surface area contributed by atoms with E-state index < -0.39 is 76.7 Å². The van der Waals surface area contributed by atoms with Crippen molar-refractivity contribution in [3.8, 4) is 28.5 Å². The van der Waals surface area contributed by atoms with Crippen LogP contribution in [0.3, 0.4) is 0 Å². The summed E-state index contributed by atoms with van der Waals surface area (Å²) in [5.74, 6) is -3.20. The van der Waals surface area contributed by atoms with Gasteiger partial charge in [-0.05, 0) is 136 Å². The molecule has 6 N–H and O–H groups in total. The van der Waals surface area contributed by atoms with E-state index in [9.17, 15) is 32.8 Å². The van der Waals surface area contributed by atoms with Gasteiger partial charge >= 0.3 is 12.2 Å². The van der Waals surface area contributed by atoms with Crippen LogP contribution in [0, 0.1) is 17.0 Å². The Labute approximate surface area is 497 Å². The molecule has 5 atom stereocenters. The minimum absolute atomic E-state index is 0.00986. The Kier molecular flexibility index (Phi) is 18.3. The molecule has 6 amide bonds. The number of hydrogen-bond acceptors (Lipinski definition) is 14. The van der Waals surface area contributed by atoms with Crippen molar-refractivity contribution in [3.63, 3.8) is 0 Å². The first-order valence-electron chi connectivity index (χ1n) is 28.6. The lowest BCUT2D eigenvalue weighted by atomic mass is 9.83. The molecule has 2 aromatic heterocycles. The van der Waals surface area contributed by atoms with Crippen LogP contribution >= 0.6 is 0 Å². The number of anilines is 1. The summed E-state index contributed by atoms with van der Waals surface area (Å²) >= 11 is 0. The van der Waals surface area contributed by atoms with E-state index in [1.165, 1.54) is 62.6 Å². The second kappa shape index (κ2) is 25.6. The molecule has 6 aromatic rings. The summed E-state index contributed by atoms with van der Waals surface area (Å²) < 4.78 is 52.1. The molecular formula is C63H73F2N11O10. The van der Waals surface area contributed by atoms with Crippen molar-refractivity contribution in [2.75, 3.05) is 25.9 Å². The number of hydrogen-bond donors (Lipinski definition) is 4. The Morgan fingerprint density at radius 2 is 1.55 bits per heavy atom. The van der Waals surface area contributed by atoms with E-state index >= 15 is 4.79 Å². The SMILES string of the molecule is C[C@@H](C(=O)N[C@H](C(=O)N1Cc2cc(OCc3cnc(COC(=O)N4CCC[C@@H](n5nc(-c6ccc(Oc7ccc(F)cc7F)cc6)c(C(N)=O)c5N)C4)cn3)ccc2C[C@H]1C(=O)N[C@@H]1CCCc2ccccc21)C(C)(C)C)N(C)C(=O)OC(C)(C)C. The highest BCUT2D eigenvalue weighted by Crippen LogP contribution is 2.36. The summed E-state index contributed by atoms with van der Waals surface area (Å²) in [7, 11) is 1.46. The number of carbonyl (C=O) groups is 6. The number of rotatable bonds is 16. The van der Waals surface area contributed by atoms with Gasteiger partial charge in [0.2, 0.25) is 17.7 Å². The van der Waals surface area contributed by atoms with E-state index in [1.807, 2.05) is 51.1 Å². The number of nitrogens with two attached hydrogens (primary N) is 2. The molecule has 4 aromatic carbocycles. The Bertz CT molecular complexity index is 3510. The van der Waals surface area contributed by atoms with E-state index in [0.717, 1.165) is 42.0 Å². The number of nitrogens with one attached hydrogen (secondary N) is 2. The van der Waals surface area contributed by atoms with Crippen LogP contribution in [0.15, 0.2) is 97.3 Å². The molecule has 9 rings (SSSR count). The van der Waals surface area contributed by atoms with Crippen LogP contribution in [0.2, 0.25) is 0 Å². The van der Waals surface area contributed by atoms with Crippen molar-refractivity contribution >= 4 is 41.6 Å². The van der Waals surface area contributed by atoms with Gasteiger partial charge in [0.05, 0.1) is 35.9 Å². The second-order valence-corrected chi connectivity index (χ2v) is 24.0. The number of ether oxygens (including phenoxy) is 4. The number of aryl methyl sites for hydroxylation is 1. The predicted molar refractivity (Wildman–Crippen MR) is 313 cm³/mol. The molecule has 23 heteroatoms. The van der Waals surface area contributed by atoms with Crippen LogP contribution in [0.1, 0.15) is 130 Å². The minimum Gasteiger partial charge on any atom is -0.487 e. The van der Waals surface area contributed by atoms with Crippen molar-refractivity contribution < 1.29 is 56.5 Å². The van der Waals surface area contributed by atoms with Crippen LogP contribution in [-0.4, -0.2) is 114 Å². The molecule has 3 aliphatic rings. The number of primary amides is 1. The van der Waals surface area contributed by atoms with E-state index in [1.54, 1.807) is 45.9 Å². The van der Waals surface area contributed by atoms with Crippen LogP contribution in [-0.2, 0) is 56.5 Å². The van der Waals surface area contributed by atoms with Crippen molar-refractivity contribution in [1.29, 1.82) is 0 Å². The van der Waals surface area contributed by atoms with Crippen LogP contribution < -0.4 is 31.6 Å². The molecular weight excluding hydrogens is 1110 g/mol. The van der Waals surface area contributed by atoms with Gasteiger partial charge in [0.25, 0.3) is 5.91 Å². The molecule has 21 nitrogen and oxygen atoms in total. The molecule has 86 heavy (non-hydrogen) atoms. The summed E-state index contributed by atoms with van der Waals surface area (Å²) in [4.78, 5) is 96.1. The van der Waals surface area contributed by atoms with E-state index in [2.05, 4.69) is 31.8 Å². The highest BCUT2D eigenvalue weighted by atomic mass is 19.1. The van der Waals surface area contributed by atoms with Crippen LogP contribution in [0.25, 0.3) is 11.3 Å². The van der Waals surface area contributed by atoms with E-state index in [4.69, 9.17) is 30.4 Å². The number of halogens is 2. The molecule has 454 valence electrons. The standard InChI is InChI=1S/C63H73F2N11O10/c1-36(73(8)60(81)86-63(5,6)7)57(78)71-54(62(2,3)4)59(80)75-32-40-27-46(24-20-39(40)28-50(75)58(79)70-49-17-11-14-37-13-9-10-16-47(37)49)83-34-42-30-69-43(31-68-42)35-84-61(82)74-26-12-15-44(33-74)76-55(66)52(56(67)77)53(72-76)38-18-22-45(23-19-38)85-51-25-21-41(64)29-48(51)65/h9-10,13,16,18-25,27,29-31,36,44,49-50,54H,11-12,14-15,17,26,28,32-35,66H2,1-8H3,(H2,67,77)(H,70,79)(H,71,78)/t36-,44+,49+,50-,54+/m0/s1. The van der Waals surface area contributed by atoms with Crippen LogP contribution in [0.4, 0.5) is 24.2 Å². The van der Waals surface area contributed by atoms with E-state index in [0.29, 0.717) is 48.2 Å². The first-order valence-corrected chi connectivity index (χ1v) is 28.6. The van der Waals surface area contributed by atoms with Gasteiger partial charge in [-0.3, -0.25) is 34.0 Å². The molecule has 1 saturated heterocycles. The average molecular weight is 1180 g/mol. The van der Waals surface area contributed by atoms with Gasteiger partial charge in [-0.1, -0.05) is 51.1 Å². The summed E-state index contributed by atoms with van der Waals surface area (Å²) in [6.07, 6.45) is 5.59. The smallest absolute Gasteiger partial charge is 0.410 e. The largest absolute Gasteiger partial charge is 0.487 e. The number of amides is 6. The summed E-state index contributed by atoms with van der Waals surface area (Å²) in [6.45, 7) is 12.6. The monoisotopic (exact) mass is 1180 g/mol. The maximum atomic E-state index is 15.1. The van der Waals surface area contributed by atoms with Gasteiger partial charge < -0.3 is 50.8 Å². The number of fused-ring (bicyclic) bond motifs is 2. The van der Waals surface area contributed by atoms with Gasteiger partial charge in [-0.15, -0.1) is 0 Å². The number of likely N-dealkylation sites (N-methyl/N-ethyl adjacent to an activating group) is 1. The highest BCUT2D eigenvalue weighted by Gasteiger charge is 2.44. The van der Waals surface area contributed by atoms with Gasteiger partial charge in [-0.25, -0.2) is 23.1 Å². The number of benzene rings is 4. The van der Waals surface area contributed by atoms with Crippen molar-refractivity contribution in [2.45, 2.75) is 143 Å². The Hall–Kier alpha value is -9.15. The predicted octanol–water partition coefficient (Wildman–Crippen LogP) is 8.88. The fourth-order valence-corrected chi connectivity index (χ4v) is 10.8. The molecule has 0 bridgehead atoms. The zero-order valence-electron chi connectivity index (χ0n) is 49.5. The lowest BCUT2D eigenvalue weighted by molar-refractivity contribution is -0.147. The Morgan fingerprint density at radius 1 is 0.837 bits per heavy atom. The molecule has 0 unspecified atom stereocenters. The van der Waals surface area contributed by atoms with Gasteiger partial charge in [0, 0.05) is 44.7 Å². The van der Waals surface area contributed by atoms with Gasteiger partial charge in [0.1, 0.15) is 71.3 Å². The number of nitrogens with zero attached hydrogens (tertiary/aromatic N) is 7. The van der Waals surface area contributed by atoms with Gasteiger partial charge in [0.15, 0.2) is 11.6 Å². The van der Waals surface area contributed by atoms with Crippen molar-refractivity contribution in [1.82, 2.24) is 45.1 Å². The third kappa shape index (κ3) is 14.3. The maximum absolute atomic E-state index is 15.1. The highest BCUT2D eigenvalue weighted by molar-refractivity contribution is 6.03. The lowest BCUT2D eigenvalue weighted by Gasteiger charge is -2.42. The first kappa shape index (κ1) is 61.4. The third-order valence-corrected chi connectivity index (χ3v) is 15.6. The molecule has 2 aliphatic heterocycles. The summed E-state index contributed by atoms with van der Waals surface area (Å²) in [5, 5.41) is 10.9. The Morgan fingerprint density at radius 3 is 2.23 bits per heavy atom. The number of nitrogen functional groups attached to an aromatic ring is 1. The number of piperidine rings is 1. The fraction of sp³-hybridized carbons (Fsp3) is 0.413. The van der Waals surface area contributed by atoms with Crippen molar-refractivity contribution in [2.24, 2.45) is 11.1 Å². The number of likely N-dealkylation sites (tertiary alicyclic amines) is 1. The zero-order chi connectivity index (χ0) is 61.8. The number of carbonyl (C=O) groups excluding carboxylic acids is 6. The van der Waals surface area contributed by atoms with E-state index in [-0.39, 0.29) is 73.2 Å². The molecule has 1 fully saturated rings. The Balaban J connectivity index is 0.834. The number of aromatic nitrogens is 4. The third-order valence-electron chi connectivity index (χ3n) is 15.6. The zero-order valence-corrected chi connectivity index (χ0v) is 49.5. The molecule has 0 saturated carbocycles. The second-order valence-electron chi connectivity index (χ2n) is 24.0. The average Bonchev–Trinajstić information content (AvgIpc) is 1.54. The fourth-order valence-electron chi connectivity index (χ4n) is 10.8. The van der Waals surface area contributed by atoms with Crippen molar-refractivity contribution in [3.05, 3.63) is 148 Å². The molecule has 0 spiro atoms. The topological polar surface area (TPSA) is 269 Å². The summed E-state index contributed by atoms with van der Waals surface area (Å²) in [5.41, 5.74) is 16.0. The normalized spacial score (nSPS) is 17.4. The minimum atomic E-state index is -1.10. The molecule has 1 aliphatic carbocycles. The summed E-state index contributed by atoms with van der Waals surface area (Å²) in [6, 6.07) is 19.1. The maximum Gasteiger partial charge on any atom is 0.410 e. The van der Waals surface area contributed by atoms with Gasteiger partial charge in [-0.2, -0.15) is 5.10 Å². The van der Waals surface area contributed by atoms with Crippen LogP contribution in [0.5, 0.6) is 17.2 Å². The molecule has 4 heterocycles.